The van der Waals surface area contributed by atoms with E-state index in [0.29, 0.717) is 10.6 Å². The summed E-state index contributed by atoms with van der Waals surface area (Å²) in [6.45, 7) is 0. The van der Waals surface area contributed by atoms with Crippen molar-refractivity contribution in [3.8, 4) is 6.07 Å². The van der Waals surface area contributed by atoms with Crippen LogP contribution >= 0.6 is 11.6 Å². The second kappa shape index (κ2) is 4.10. The first-order chi connectivity index (χ1) is 6.06. The lowest BCUT2D eigenvalue weighted by atomic mass is 10.1. The van der Waals surface area contributed by atoms with E-state index >= 15 is 0 Å². The van der Waals surface area contributed by atoms with Crippen molar-refractivity contribution in [3.63, 3.8) is 0 Å². The van der Waals surface area contributed by atoms with Crippen LogP contribution in [0.4, 0.5) is 0 Å². The smallest absolute Gasteiger partial charge is 0.0919 e. The summed E-state index contributed by atoms with van der Waals surface area (Å²) in [5, 5.41) is 18.4. The second-order valence-electron chi connectivity index (χ2n) is 2.29. The van der Waals surface area contributed by atoms with Crippen molar-refractivity contribution in [1.82, 2.24) is 0 Å². The standard InChI is InChI=1S/C9H8ClNO/c10-8-3-1-7(2-4-8)9(12)5-6-11/h1-4,9,12H,5H2/i9D. The zero-order valence-electron chi connectivity index (χ0n) is 7.29. The van der Waals surface area contributed by atoms with Crippen molar-refractivity contribution in [3.05, 3.63) is 34.9 Å². The van der Waals surface area contributed by atoms with Crippen molar-refractivity contribution >= 4 is 11.6 Å². The Bertz CT molecular complexity index is 328. The number of aliphatic hydroxyl groups is 1. The van der Waals surface area contributed by atoms with Crippen LogP contribution in [-0.4, -0.2) is 5.11 Å². The summed E-state index contributed by atoms with van der Waals surface area (Å²) >= 11 is 5.63. The van der Waals surface area contributed by atoms with Gasteiger partial charge < -0.3 is 5.11 Å². The number of nitriles is 1. The molecule has 0 saturated heterocycles. The molecule has 0 saturated carbocycles. The van der Waals surface area contributed by atoms with Gasteiger partial charge in [0.05, 0.1) is 19.9 Å². The topological polar surface area (TPSA) is 44.0 Å². The van der Waals surface area contributed by atoms with Gasteiger partial charge in [0.25, 0.3) is 0 Å². The fourth-order valence-corrected chi connectivity index (χ4v) is 0.945. The largest absolute Gasteiger partial charge is 0.387 e. The van der Waals surface area contributed by atoms with Crippen LogP contribution in [-0.2, 0) is 0 Å². The van der Waals surface area contributed by atoms with Gasteiger partial charge in [-0.2, -0.15) is 5.26 Å². The van der Waals surface area contributed by atoms with Crippen molar-refractivity contribution in [2.75, 3.05) is 0 Å². The molecule has 0 amide bonds. The molecule has 1 atom stereocenters. The molecule has 62 valence electrons. The Morgan fingerprint density at radius 2 is 2.17 bits per heavy atom. The van der Waals surface area contributed by atoms with E-state index in [1.807, 2.05) is 0 Å². The molecule has 0 radical (unpaired) electrons. The SMILES string of the molecule is [2H]C(O)(CC#N)c1ccc(Cl)cc1. The molecule has 0 bridgehead atoms. The fraction of sp³-hybridized carbons (Fsp3) is 0.222. The lowest BCUT2D eigenvalue weighted by molar-refractivity contribution is 0.183. The number of benzene rings is 1. The van der Waals surface area contributed by atoms with Crippen LogP contribution in [0.25, 0.3) is 0 Å². The van der Waals surface area contributed by atoms with Crippen molar-refractivity contribution in [2.45, 2.75) is 12.5 Å². The van der Waals surface area contributed by atoms with E-state index in [1.165, 1.54) is 12.1 Å². The minimum Gasteiger partial charge on any atom is -0.387 e. The first-order valence-corrected chi connectivity index (χ1v) is 3.79. The van der Waals surface area contributed by atoms with Gasteiger partial charge in [-0.05, 0) is 17.7 Å². The van der Waals surface area contributed by atoms with Gasteiger partial charge in [-0.1, -0.05) is 23.7 Å². The summed E-state index contributed by atoms with van der Waals surface area (Å²) in [4.78, 5) is 0. The van der Waals surface area contributed by atoms with Gasteiger partial charge in [0, 0.05) is 5.02 Å². The van der Waals surface area contributed by atoms with Gasteiger partial charge in [-0.15, -0.1) is 0 Å². The maximum absolute atomic E-state index is 9.48. The third-order valence-electron chi connectivity index (χ3n) is 1.42. The Labute approximate surface area is 77.4 Å². The first-order valence-electron chi connectivity index (χ1n) is 3.91. The molecule has 0 aliphatic carbocycles. The molecule has 1 aromatic carbocycles. The number of halogens is 1. The second-order valence-corrected chi connectivity index (χ2v) is 2.72. The number of hydrogen-bond acceptors (Lipinski definition) is 2. The molecular formula is C9H8ClNO. The van der Waals surface area contributed by atoms with Crippen LogP contribution in [0.2, 0.25) is 5.02 Å². The molecule has 0 heterocycles. The van der Waals surface area contributed by atoms with Gasteiger partial charge in [0.1, 0.15) is 0 Å². The van der Waals surface area contributed by atoms with Crippen molar-refractivity contribution in [1.29, 1.82) is 5.26 Å². The highest BCUT2D eigenvalue weighted by atomic mass is 35.5. The third-order valence-corrected chi connectivity index (χ3v) is 1.68. The zero-order chi connectivity index (χ0) is 9.90. The van der Waals surface area contributed by atoms with E-state index in [2.05, 4.69) is 0 Å². The van der Waals surface area contributed by atoms with Gasteiger partial charge in [-0.25, -0.2) is 0 Å². The van der Waals surface area contributed by atoms with Crippen LogP contribution in [0.3, 0.4) is 0 Å². The molecule has 1 aromatic rings. The molecule has 1 N–H and O–H groups in total. The molecule has 0 aliphatic rings. The van der Waals surface area contributed by atoms with Gasteiger partial charge >= 0.3 is 0 Å². The Balaban J connectivity index is 2.95. The van der Waals surface area contributed by atoms with E-state index in [-0.39, 0.29) is 6.42 Å². The predicted molar refractivity (Wildman–Crippen MR) is 46.6 cm³/mol. The van der Waals surface area contributed by atoms with E-state index in [4.69, 9.17) is 18.2 Å². The van der Waals surface area contributed by atoms with Crippen LogP contribution < -0.4 is 0 Å². The molecule has 0 aromatic heterocycles. The Morgan fingerprint density at radius 1 is 1.58 bits per heavy atom. The van der Waals surface area contributed by atoms with E-state index < -0.39 is 6.08 Å². The van der Waals surface area contributed by atoms with Crippen LogP contribution in [0.15, 0.2) is 24.3 Å². The minimum absolute atomic E-state index is 0.255. The van der Waals surface area contributed by atoms with Crippen molar-refractivity contribution in [2.24, 2.45) is 0 Å². The Kier molecular flexibility index (Phi) is 2.60. The molecule has 1 rings (SSSR count). The lowest BCUT2D eigenvalue weighted by Crippen LogP contribution is -1.94. The lowest BCUT2D eigenvalue weighted by Gasteiger charge is -2.05. The minimum atomic E-state index is -1.83. The average Bonchev–Trinajstić information content (AvgIpc) is 2.05. The molecular weight excluding hydrogens is 174 g/mol. The molecule has 2 nitrogen and oxygen atoms in total. The number of nitrogens with zero attached hydrogens (tertiary/aromatic N) is 1. The Hall–Kier alpha value is -1.04. The summed E-state index contributed by atoms with van der Waals surface area (Å²) in [5.41, 5.74) is 0.374. The van der Waals surface area contributed by atoms with Crippen LogP contribution in [0, 0.1) is 11.3 Å². The van der Waals surface area contributed by atoms with Crippen molar-refractivity contribution < 1.29 is 6.48 Å². The number of rotatable bonds is 2. The van der Waals surface area contributed by atoms with Gasteiger partial charge in [0.2, 0.25) is 0 Å². The molecule has 3 heteroatoms. The summed E-state index contributed by atoms with van der Waals surface area (Å²) < 4.78 is 7.43. The van der Waals surface area contributed by atoms with Gasteiger partial charge in [0.15, 0.2) is 0 Å². The maximum Gasteiger partial charge on any atom is 0.0919 e. The Morgan fingerprint density at radius 3 is 2.67 bits per heavy atom. The van der Waals surface area contributed by atoms with E-state index in [1.54, 1.807) is 18.2 Å². The summed E-state index contributed by atoms with van der Waals surface area (Å²) in [7, 11) is 0. The molecule has 0 spiro atoms. The van der Waals surface area contributed by atoms with E-state index in [9.17, 15) is 5.11 Å². The molecule has 12 heavy (non-hydrogen) atoms. The monoisotopic (exact) mass is 182 g/mol. The van der Waals surface area contributed by atoms with E-state index in [0.717, 1.165) is 0 Å². The maximum atomic E-state index is 9.48. The third kappa shape index (κ3) is 2.23. The molecule has 1 unspecified atom stereocenters. The quantitative estimate of drug-likeness (QED) is 0.763. The van der Waals surface area contributed by atoms with Crippen LogP contribution in [0.1, 0.15) is 19.4 Å². The summed E-state index contributed by atoms with van der Waals surface area (Å²) in [5.74, 6) is 0. The average molecular weight is 183 g/mol. The normalized spacial score (nSPS) is 15.9. The predicted octanol–water partition coefficient (Wildman–Crippen LogP) is 2.29. The first kappa shape index (κ1) is 7.60. The highest BCUT2D eigenvalue weighted by Gasteiger charge is 2.05. The molecule has 0 aliphatic heterocycles. The highest BCUT2D eigenvalue weighted by molar-refractivity contribution is 6.30. The highest BCUT2D eigenvalue weighted by Crippen LogP contribution is 2.18. The summed E-state index contributed by atoms with van der Waals surface area (Å²) in [6.07, 6.45) is -2.09. The molecule has 0 fully saturated rings. The van der Waals surface area contributed by atoms with Crippen LogP contribution in [0.5, 0.6) is 0 Å². The summed E-state index contributed by atoms with van der Waals surface area (Å²) in [6, 6.07) is 7.97. The van der Waals surface area contributed by atoms with Gasteiger partial charge in [-0.3, -0.25) is 0 Å². The number of hydrogen-bond donors (Lipinski definition) is 1. The fourth-order valence-electron chi connectivity index (χ4n) is 0.819. The zero-order valence-corrected chi connectivity index (χ0v) is 7.04.